The van der Waals surface area contributed by atoms with Crippen molar-refractivity contribution in [2.24, 2.45) is 0 Å². The van der Waals surface area contributed by atoms with Crippen LogP contribution in [0, 0.1) is 13.8 Å². The van der Waals surface area contributed by atoms with Gasteiger partial charge in [-0.1, -0.05) is 18.2 Å². The molecule has 0 unspecified atom stereocenters. The number of hydrogen-bond acceptors (Lipinski definition) is 5. The second kappa shape index (κ2) is 10.6. The molecule has 0 spiro atoms. The molecule has 3 aromatic carbocycles. The van der Waals surface area contributed by atoms with E-state index in [1.165, 1.54) is 5.56 Å². The van der Waals surface area contributed by atoms with Gasteiger partial charge in [-0.05, 0) is 80.4 Å². The smallest absolute Gasteiger partial charge is 0.227 e. The summed E-state index contributed by atoms with van der Waals surface area (Å²) in [5, 5.41) is 10.9. The van der Waals surface area contributed by atoms with Crippen molar-refractivity contribution in [3.63, 3.8) is 0 Å². The van der Waals surface area contributed by atoms with Gasteiger partial charge in [-0.3, -0.25) is 4.79 Å². The quantitative estimate of drug-likeness (QED) is 0.350. The molecular formula is C30H33N3O4. The van der Waals surface area contributed by atoms with Crippen molar-refractivity contribution in [1.29, 1.82) is 0 Å². The number of para-hydroxylation sites is 2. The number of aliphatic hydroxyl groups is 1. The number of amides is 1. The van der Waals surface area contributed by atoms with Crippen LogP contribution in [-0.4, -0.2) is 46.4 Å². The molecule has 5 rings (SSSR count). The van der Waals surface area contributed by atoms with Gasteiger partial charge in [-0.2, -0.15) is 0 Å². The van der Waals surface area contributed by atoms with Crippen LogP contribution in [0.4, 0.5) is 5.69 Å². The maximum Gasteiger partial charge on any atom is 0.227 e. The largest absolute Gasteiger partial charge is 0.494 e. The van der Waals surface area contributed by atoms with Crippen LogP contribution < -0.4 is 14.4 Å². The molecule has 7 nitrogen and oxygen atoms in total. The topological polar surface area (TPSA) is 76.8 Å². The summed E-state index contributed by atoms with van der Waals surface area (Å²) in [4.78, 5) is 19.7. The Balaban J connectivity index is 1.35. The van der Waals surface area contributed by atoms with Crippen LogP contribution in [0.25, 0.3) is 11.0 Å². The summed E-state index contributed by atoms with van der Waals surface area (Å²) in [6.07, 6.45) is -0.372. The Morgan fingerprint density at radius 1 is 1.00 bits per heavy atom. The van der Waals surface area contributed by atoms with Gasteiger partial charge in [0.2, 0.25) is 5.91 Å². The molecule has 0 saturated carbocycles. The summed E-state index contributed by atoms with van der Waals surface area (Å²) in [7, 11) is 0. The number of carbonyl (C=O) groups is 1. The zero-order chi connectivity index (χ0) is 25.9. The third-order valence-electron chi connectivity index (χ3n) is 6.95. The molecule has 0 bridgehead atoms. The molecule has 2 atom stereocenters. The lowest BCUT2D eigenvalue weighted by Crippen LogP contribution is -2.26. The Morgan fingerprint density at radius 3 is 2.51 bits per heavy atom. The van der Waals surface area contributed by atoms with E-state index in [1.807, 2.05) is 90.0 Å². The second-order valence-corrected chi connectivity index (χ2v) is 9.61. The van der Waals surface area contributed by atoms with E-state index in [1.54, 1.807) is 0 Å². The molecule has 4 aromatic rings. The van der Waals surface area contributed by atoms with Crippen LogP contribution in [0.15, 0.2) is 66.7 Å². The highest BCUT2D eigenvalue weighted by molar-refractivity contribution is 5.96. The van der Waals surface area contributed by atoms with Crippen molar-refractivity contribution in [3.05, 3.63) is 83.7 Å². The maximum absolute atomic E-state index is 13.0. The van der Waals surface area contributed by atoms with Crippen LogP contribution in [0.2, 0.25) is 0 Å². The van der Waals surface area contributed by atoms with Crippen LogP contribution in [0.5, 0.6) is 11.5 Å². The lowest BCUT2D eigenvalue weighted by atomic mass is 10.1. The Kier molecular flexibility index (Phi) is 7.15. The number of hydrogen-bond donors (Lipinski definition) is 1. The molecule has 1 aliphatic heterocycles. The van der Waals surface area contributed by atoms with Crippen molar-refractivity contribution < 1.29 is 19.4 Å². The molecule has 1 fully saturated rings. The van der Waals surface area contributed by atoms with Gasteiger partial charge in [0.1, 0.15) is 30.0 Å². The average Bonchev–Trinajstić information content (AvgIpc) is 3.46. The first-order valence-electron chi connectivity index (χ1n) is 12.8. The predicted octanol–water partition coefficient (Wildman–Crippen LogP) is 5.01. The predicted molar refractivity (Wildman–Crippen MR) is 144 cm³/mol. The summed E-state index contributed by atoms with van der Waals surface area (Å²) in [5.41, 5.74) is 4.99. The second-order valence-electron chi connectivity index (χ2n) is 9.61. The van der Waals surface area contributed by atoms with E-state index >= 15 is 0 Å². The number of ether oxygens (including phenoxy) is 2. The number of imidazole rings is 1. The summed E-state index contributed by atoms with van der Waals surface area (Å²) in [5.74, 6) is 2.32. The number of nitrogens with zero attached hydrogens (tertiary/aromatic N) is 3. The zero-order valence-corrected chi connectivity index (χ0v) is 21.6. The van der Waals surface area contributed by atoms with E-state index in [-0.39, 0.29) is 18.4 Å². The van der Waals surface area contributed by atoms with Crippen LogP contribution in [-0.2, 0) is 11.3 Å². The first-order chi connectivity index (χ1) is 17.9. The Morgan fingerprint density at radius 2 is 1.76 bits per heavy atom. The van der Waals surface area contributed by atoms with Crippen LogP contribution >= 0.6 is 0 Å². The highest BCUT2D eigenvalue weighted by Gasteiger charge is 2.35. The number of aliphatic hydroxyl groups excluding tert-OH is 1. The third-order valence-corrected chi connectivity index (χ3v) is 6.95. The highest BCUT2D eigenvalue weighted by Crippen LogP contribution is 2.34. The maximum atomic E-state index is 13.0. The van der Waals surface area contributed by atoms with Crippen molar-refractivity contribution in [1.82, 2.24) is 9.55 Å². The van der Waals surface area contributed by atoms with E-state index in [4.69, 9.17) is 14.5 Å². The highest BCUT2D eigenvalue weighted by atomic mass is 16.5. The normalized spacial score (nSPS) is 16.4. The number of aryl methyl sites for hydroxylation is 2. The minimum absolute atomic E-state index is 0.0615. The summed E-state index contributed by atoms with van der Waals surface area (Å²) in [6.45, 7) is 7.67. The number of aromatic nitrogens is 2. The lowest BCUT2D eigenvalue weighted by Gasteiger charge is -2.19. The van der Waals surface area contributed by atoms with E-state index in [2.05, 4.69) is 6.92 Å². The van der Waals surface area contributed by atoms with Gasteiger partial charge in [-0.15, -0.1) is 0 Å². The lowest BCUT2D eigenvalue weighted by molar-refractivity contribution is -0.117. The van der Waals surface area contributed by atoms with Crippen molar-refractivity contribution >= 4 is 22.6 Å². The number of anilines is 1. The summed E-state index contributed by atoms with van der Waals surface area (Å²) < 4.78 is 13.5. The Bertz CT molecular complexity index is 1400. The average molecular weight is 500 g/mol. The van der Waals surface area contributed by atoms with Crippen molar-refractivity contribution in [2.45, 2.75) is 45.8 Å². The van der Waals surface area contributed by atoms with E-state index in [0.29, 0.717) is 26.1 Å². The standard InChI is InChI=1S/C30H33N3O4/c1-4-36-25-13-10-23(11-14-25)32-17-22(16-29(32)35)30-31-27-7-5-6-8-28(27)33(30)18-24(34)19-37-26-12-9-20(2)21(3)15-26/h5-15,22,24,34H,4,16-19H2,1-3H3/t22-,24-/m1/s1. The first kappa shape index (κ1) is 24.8. The SMILES string of the molecule is CCOc1ccc(N2C[C@H](c3nc4ccccc4n3C[C@@H](O)COc3ccc(C)c(C)c3)CC2=O)cc1. The van der Waals surface area contributed by atoms with Gasteiger partial charge in [0.25, 0.3) is 0 Å². The van der Waals surface area contributed by atoms with E-state index in [9.17, 15) is 9.90 Å². The Hall–Kier alpha value is -3.84. The molecule has 1 N–H and O–H groups in total. The third kappa shape index (κ3) is 5.32. The molecule has 7 heteroatoms. The summed E-state index contributed by atoms with van der Waals surface area (Å²) in [6, 6.07) is 21.4. The fourth-order valence-electron chi connectivity index (χ4n) is 4.88. The van der Waals surface area contributed by atoms with Gasteiger partial charge in [-0.25, -0.2) is 4.98 Å². The molecule has 0 radical (unpaired) electrons. The van der Waals surface area contributed by atoms with Gasteiger partial charge >= 0.3 is 0 Å². The van der Waals surface area contributed by atoms with Crippen molar-refractivity contribution in [2.75, 3.05) is 24.7 Å². The van der Waals surface area contributed by atoms with Crippen molar-refractivity contribution in [3.8, 4) is 11.5 Å². The fraction of sp³-hybridized carbons (Fsp3) is 0.333. The minimum Gasteiger partial charge on any atom is -0.494 e. The van der Waals surface area contributed by atoms with Crippen LogP contribution in [0.1, 0.15) is 36.2 Å². The van der Waals surface area contributed by atoms with Gasteiger partial charge in [0, 0.05) is 24.6 Å². The monoisotopic (exact) mass is 499 g/mol. The number of carbonyl (C=O) groups excluding carboxylic acids is 1. The first-order valence-corrected chi connectivity index (χ1v) is 12.8. The number of fused-ring (bicyclic) bond motifs is 1. The van der Waals surface area contributed by atoms with Gasteiger partial charge in [0.05, 0.1) is 24.2 Å². The van der Waals surface area contributed by atoms with E-state index < -0.39 is 6.10 Å². The molecule has 1 amide bonds. The fourth-order valence-corrected chi connectivity index (χ4v) is 4.88. The zero-order valence-electron chi connectivity index (χ0n) is 21.6. The molecular weight excluding hydrogens is 466 g/mol. The molecule has 192 valence electrons. The summed E-state index contributed by atoms with van der Waals surface area (Å²) >= 11 is 0. The molecule has 0 aliphatic carbocycles. The molecule has 37 heavy (non-hydrogen) atoms. The van der Waals surface area contributed by atoms with Gasteiger partial charge < -0.3 is 24.0 Å². The minimum atomic E-state index is -0.739. The van der Waals surface area contributed by atoms with Gasteiger partial charge in [0.15, 0.2) is 0 Å². The van der Waals surface area contributed by atoms with E-state index in [0.717, 1.165) is 39.6 Å². The molecule has 2 heterocycles. The van der Waals surface area contributed by atoms with Crippen LogP contribution in [0.3, 0.4) is 0 Å². The number of rotatable bonds is 9. The molecule has 1 aromatic heterocycles. The molecule has 1 aliphatic rings. The Labute approximate surface area is 217 Å². The number of benzene rings is 3. The molecule has 1 saturated heterocycles.